The van der Waals surface area contributed by atoms with Crippen LogP contribution in [0.4, 0.5) is 5.69 Å². The van der Waals surface area contributed by atoms with Gasteiger partial charge in [0.05, 0.1) is 5.69 Å². The maximum atomic E-state index is 12.1. The number of carboxylic acid groups (broad SMARTS) is 1. The molecule has 98 valence electrons. The molecule has 0 bridgehead atoms. The van der Waals surface area contributed by atoms with Crippen molar-refractivity contribution in [3.63, 3.8) is 0 Å². The molecule has 5 heteroatoms. The summed E-state index contributed by atoms with van der Waals surface area (Å²) in [5.41, 5.74) is 0.432. The van der Waals surface area contributed by atoms with Crippen LogP contribution in [0.15, 0.2) is 11.4 Å². The van der Waals surface area contributed by atoms with E-state index >= 15 is 0 Å². The van der Waals surface area contributed by atoms with Gasteiger partial charge in [0.2, 0.25) is 5.91 Å². The van der Waals surface area contributed by atoms with Crippen LogP contribution in [0.1, 0.15) is 48.2 Å². The minimum absolute atomic E-state index is 0.0298. The summed E-state index contributed by atoms with van der Waals surface area (Å²) in [6, 6.07) is 1.66. The predicted octanol–water partition coefficient (Wildman–Crippen LogP) is 3.36. The lowest BCUT2D eigenvalue weighted by atomic mass is 9.99. The zero-order valence-electron chi connectivity index (χ0n) is 10.1. The van der Waals surface area contributed by atoms with Gasteiger partial charge in [-0.1, -0.05) is 25.7 Å². The third-order valence-electron chi connectivity index (χ3n) is 3.34. The monoisotopic (exact) mass is 267 g/mol. The number of amides is 1. The molecule has 18 heavy (non-hydrogen) atoms. The van der Waals surface area contributed by atoms with Crippen LogP contribution in [0.25, 0.3) is 0 Å². The largest absolute Gasteiger partial charge is 0.477 e. The van der Waals surface area contributed by atoms with Gasteiger partial charge in [0, 0.05) is 5.92 Å². The number of carbonyl (C=O) groups is 2. The molecule has 4 nitrogen and oxygen atoms in total. The van der Waals surface area contributed by atoms with E-state index < -0.39 is 5.97 Å². The molecule has 1 aliphatic rings. The molecule has 0 aliphatic heterocycles. The van der Waals surface area contributed by atoms with Gasteiger partial charge >= 0.3 is 5.97 Å². The number of anilines is 1. The second kappa shape index (κ2) is 6.00. The van der Waals surface area contributed by atoms with Crippen molar-refractivity contribution >= 4 is 28.9 Å². The molecule has 2 rings (SSSR count). The molecule has 0 aromatic carbocycles. The summed E-state index contributed by atoms with van der Waals surface area (Å²) in [7, 11) is 0. The predicted molar refractivity (Wildman–Crippen MR) is 71.1 cm³/mol. The van der Waals surface area contributed by atoms with E-state index in [-0.39, 0.29) is 16.7 Å². The summed E-state index contributed by atoms with van der Waals surface area (Å²) in [6.07, 6.45) is 6.41. The molecule has 0 spiro atoms. The number of hydrogen-bond donors (Lipinski definition) is 2. The van der Waals surface area contributed by atoms with Gasteiger partial charge in [0.15, 0.2) is 0 Å². The highest BCUT2D eigenvalue weighted by atomic mass is 32.1. The number of nitrogens with one attached hydrogen (secondary N) is 1. The van der Waals surface area contributed by atoms with Crippen molar-refractivity contribution in [2.45, 2.75) is 38.5 Å². The van der Waals surface area contributed by atoms with Crippen LogP contribution in [-0.4, -0.2) is 17.0 Å². The molecule has 0 saturated heterocycles. The molecule has 1 aromatic heterocycles. The Morgan fingerprint density at radius 1 is 1.22 bits per heavy atom. The fourth-order valence-electron chi connectivity index (χ4n) is 2.35. The lowest BCUT2D eigenvalue weighted by Crippen LogP contribution is -2.22. The van der Waals surface area contributed by atoms with Crippen molar-refractivity contribution in [2.24, 2.45) is 5.92 Å². The maximum Gasteiger partial charge on any atom is 0.348 e. The number of aromatic carboxylic acids is 1. The molecule has 0 atom stereocenters. The third-order valence-corrected chi connectivity index (χ3v) is 4.25. The van der Waals surface area contributed by atoms with Crippen molar-refractivity contribution in [3.05, 3.63) is 16.3 Å². The van der Waals surface area contributed by atoms with Crippen LogP contribution < -0.4 is 5.32 Å². The summed E-state index contributed by atoms with van der Waals surface area (Å²) in [6.45, 7) is 0. The quantitative estimate of drug-likeness (QED) is 0.825. The Morgan fingerprint density at radius 3 is 2.50 bits per heavy atom. The van der Waals surface area contributed by atoms with Crippen LogP contribution in [-0.2, 0) is 4.79 Å². The second-order valence-electron chi connectivity index (χ2n) is 4.65. The number of carbonyl (C=O) groups excluding carboxylic acids is 1. The van der Waals surface area contributed by atoms with E-state index in [0.717, 1.165) is 37.0 Å². The van der Waals surface area contributed by atoms with Crippen LogP contribution in [0.2, 0.25) is 0 Å². The van der Waals surface area contributed by atoms with Crippen LogP contribution >= 0.6 is 11.3 Å². The van der Waals surface area contributed by atoms with E-state index in [1.807, 2.05) is 0 Å². The number of hydrogen-bond acceptors (Lipinski definition) is 3. The average molecular weight is 267 g/mol. The molecule has 1 amide bonds. The second-order valence-corrected chi connectivity index (χ2v) is 5.56. The molecule has 0 unspecified atom stereocenters. The van der Waals surface area contributed by atoms with Gasteiger partial charge < -0.3 is 10.4 Å². The standard InChI is InChI=1S/C13H17NO3S/c15-12(9-5-3-1-2-4-6-9)14-10-7-8-18-11(10)13(16)17/h7-9H,1-6H2,(H,14,15)(H,16,17). The minimum Gasteiger partial charge on any atom is -0.477 e. The van der Waals surface area contributed by atoms with Gasteiger partial charge in [-0.05, 0) is 24.3 Å². The number of carboxylic acids is 1. The summed E-state index contributed by atoms with van der Waals surface area (Å²) < 4.78 is 0. The van der Waals surface area contributed by atoms with Crippen molar-refractivity contribution in [1.82, 2.24) is 0 Å². The molecule has 1 saturated carbocycles. The van der Waals surface area contributed by atoms with E-state index in [4.69, 9.17) is 5.11 Å². The first-order valence-electron chi connectivity index (χ1n) is 6.30. The van der Waals surface area contributed by atoms with E-state index in [0.29, 0.717) is 5.69 Å². The molecular weight excluding hydrogens is 250 g/mol. The fourth-order valence-corrected chi connectivity index (χ4v) is 3.04. The molecule has 1 aromatic rings. The highest BCUT2D eigenvalue weighted by Gasteiger charge is 2.22. The zero-order valence-corrected chi connectivity index (χ0v) is 11.0. The van der Waals surface area contributed by atoms with Crippen LogP contribution in [0.3, 0.4) is 0 Å². The van der Waals surface area contributed by atoms with Gasteiger partial charge in [-0.2, -0.15) is 0 Å². The van der Waals surface area contributed by atoms with Gasteiger partial charge in [-0.3, -0.25) is 4.79 Å². The summed E-state index contributed by atoms with van der Waals surface area (Å²) in [5, 5.41) is 13.4. The molecule has 1 fully saturated rings. The average Bonchev–Trinajstić information content (AvgIpc) is 2.63. The SMILES string of the molecule is O=C(O)c1sccc1NC(=O)C1CCCCCC1. The van der Waals surface area contributed by atoms with Crippen molar-refractivity contribution in [3.8, 4) is 0 Å². The Labute approximate surface area is 110 Å². The highest BCUT2D eigenvalue weighted by molar-refractivity contribution is 7.12. The van der Waals surface area contributed by atoms with E-state index in [2.05, 4.69) is 5.32 Å². The Morgan fingerprint density at radius 2 is 1.89 bits per heavy atom. The van der Waals surface area contributed by atoms with E-state index in [1.54, 1.807) is 11.4 Å². The first-order valence-corrected chi connectivity index (χ1v) is 7.18. The molecular formula is C13H17NO3S. The molecule has 1 heterocycles. The van der Waals surface area contributed by atoms with Gasteiger partial charge in [0.25, 0.3) is 0 Å². The Balaban J connectivity index is 2.01. The summed E-state index contributed by atoms with van der Waals surface area (Å²) in [5.74, 6) is -0.979. The lowest BCUT2D eigenvalue weighted by molar-refractivity contribution is -0.120. The summed E-state index contributed by atoms with van der Waals surface area (Å²) >= 11 is 1.14. The lowest BCUT2D eigenvalue weighted by Gasteiger charge is -2.13. The van der Waals surface area contributed by atoms with Gasteiger partial charge in [-0.25, -0.2) is 4.79 Å². The van der Waals surface area contributed by atoms with Crippen LogP contribution in [0.5, 0.6) is 0 Å². The third kappa shape index (κ3) is 3.10. The highest BCUT2D eigenvalue weighted by Crippen LogP contribution is 2.27. The van der Waals surface area contributed by atoms with E-state index in [1.165, 1.54) is 12.8 Å². The van der Waals surface area contributed by atoms with Gasteiger partial charge in [-0.15, -0.1) is 11.3 Å². The molecule has 0 radical (unpaired) electrons. The zero-order chi connectivity index (χ0) is 13.0. The Hall–Kier alpha value is -1.36. The number of rotatable bonds is 3. The topological polar surface area (TPSA) is 66.4 Å². The molecule has 1 aliphatic carbocycles. The van der Waals surface area contributed by atoms with Crippen molar-refractivity contribution in [1.29, 1.82) is 0 Å². The first-order chi connectivity index (χ1) is 8.68. The molecule has 2 N–H and O–H groups in total. The number of thiophene rings is 1. The maximum absolute atomic E-state index is 12.1. The Kier molecular flexibility index (Phi) is 4.36. The fraction of sp³-hybridized carbons (Fsp3) is 0.538. The smallest absolute Gasteiger partial charge is 0.348 e. The van der Waals surface area contributed by atoms with Gasteiger partial charge in [0.1, 0.15) is 4.88 Å². The summed E-state index contributed by atoms with van der Waals surface area (Å²) in [4.78, 5) is 23.3. The van der Waals surface area contributed by atoms with E-state index in [9.17, 15) is 9.59 Å². The normalized spacial score (nSPS) is 17.1. The first kappa shape index (κ1) is 13.1. The van der Waals surface area contributed by atoms with Crippen molar-refractivity contribution < 1.29 is 14.7 Å². The minimum atomic E-state index is -0.985. The van der Waals surface area contributed by atoms with Crippen molar-refractivity contribution in [2.75, 3.05) is 5.32 Å². The Bertz CT molecular complexity index is 433. The van der Waals surface area contributed by atoms with Crippen LogP contribution in [0, 0.1) is 5.92 Å².